The van der Waals surface area contributed by atoms with E-state index in [-0.39, 0.29) is 5.56 Å². The molecule has 0 aromatic carbocycles. The lowest BCUT2D eigenvalue weighted by Crippen LogP contribution is -2.48. The number of nitrogens with one attached hydrogen (secondary N) is 1. The molecule has 3 rings (SSSR count). The Morgan fingerprint density at radius 1 is 1.28 bits per heavy atom. The van der Waals surface area contributed by atoms with Crippen molar-refractivity contribution in [1.29, 1.82) is 0 Å². The van der Waals surface area contributed by atoms with Gasteiger partial charge in [-0.25, -0.2) is 9.78 Å². The number of pyridine rings is 2. The van der Waals surface area contributed by atoms with Gasteiger partial charge >= 0.3 is 6.09 Å². The molecule has 1 aliphatic heterocycles. The number of carboxylic acid groups (broad SMARTS) is 1. The van der Waals surface area contributed by atoms with Crippen LogP contribution in [0.5, 0.6) is 0 Å². The summed E-state index contributed by atoms with van der Waals surface area (Å²) in [5.41, 5.74) is 1.23. The van der Waals surface area contributed by atoms with Gasteiger partial charge in [-0.2, -0.15) is 0 Å². The van der Waals surface area contributed by atoms with Crippen molar-refractivity contribution in [1.82, 2.24) is 14.5 Å². The first kappa shape index (κ1) is 17.3. The van der Waals surface area contributed by atoms with Gasteiger partial charge in [-0.1, -0.05) is 0 Å². The zero-order chi connectivity index (χ0) is 18.0. The Morgan fingerprint density at radius 2 is 2.00 bits per heavy atom. The average molecular weight is 408 g/mol. The van der Waals surface area contributed by atoms with Crippen LogP contribution in [0, 0.1) is 0 Å². The maximum Gasteiger partial charge on any atom is 0.407 e. The summed E-state index contributed by atoms with van der Waals surface area (Å²) >= 11 is 3.37. The predicted molar refractivity (Wildman–Crippen MR) is 98.7 cm³/mol. The van der Waals surface area contributed by atoms with Crippen LogP contribution in [0.1, 0.15) is 0 Å². The fraction of sp³-hybridized carbons (Fsp3) is 0.312. The zero-order valence-electron chi connectivity index (χ0n) is 13.6. The van der Waals surface area contributed by atoms with E-state index in [4.69, 9.17) is 5.11 Å². The molecule has 2 aromatic heterocycles. The standard InChI is InChI=1S/C16H18BrN5O3/c1-20-10-11(17)8-13(15(20)23)19-14-3-2-12(9-18-14)21-4-6-22(7-5-21)16(24)25/h2-3,8-10H,4-7H2,1H3,(H,18,19)(H,24,25). The fourth-order valence-corrected chi connectivity index (χ4v) is 3.24. The van der Waals surface area contributed by atoms with E-state index in [1.807, 2.05) is 6.07 Å². The molecular weight excluding hydrogens is 390 g/mol. The van der Waals surface area contributed by atoms with Crippen LogP contribution >= 0.6 is 15.9 Å². The number of anilines is 3. The molecule has 8 nitrogen and oxygen atoms in total. The van der Waals surface area contributed by atoms with Crippen LogP contribution in [0.4, 0.5) is 22.0 Å². The highest BCUT2D eigenvalue weighted by Crippen LogP contribution is 2.20. The Hall–Kier alpha value is -2.55. The quantitative estimate of drug-likeness (QED) is 0.809. The van der Waals surface area contributed by atoms with E-state index in [0.29, 0.717) is 37.7 Å². The van der Waals surface area contributed by atoms with Gasteiger partial charge in [-0.15, -0.1) is 0 Å². The number of halogens is 1. The molecule has 25 heavy (non-hydrogen) atoms. The molecule has 3 heterocycles. The lowest BCUT2D eigenvalue weighted by molar-refractivity contribution is 0.142. The number of hydrogen-bond acceptors (Lipinski definition) is 5. The molecule has 0 unspecified atom stereocenters. The average Bonchev–Trinajstić information content (AvgIpc) is 2.60. The van der Waals surface area contributed by atoms with Gasteiger partial charge in [0.1, 0.15) is 11.5 Å². The van der Waals surface area contributed by atoms with E-state index >= 15 is 0 Å². The Bertz CT molecular complexity index is 829. The third-order valence-electron chi connectivity index (χ3n) is 4.08. The highest BCUT2D eigenvalue weighted by molar-refractivity contribution is 9.10. The summed E-state index contributed by atoms with van der Waals surface area (Å²) in [6, 6.07) is 5.43. The van der Waals surface area contributed by atoms with Crippen LogP contribution in [-0.4, -0.2) is 51.8 Å². The van der Waals surface area contributed by atoms with Crippen molar-refractivity contribution in [3.8, 4) is 0 Å². The number of nitrogens with zero attached hydrogens (tertiary/aromatic N) is 4. The number of piperazine rings is 1. The maximum atomic E-state index is 12.1. The first-order valence-electron chi connectivity index (χ1n) is 7.76. The van der Waals surface area contributed by atoms with Gasteiger partial charge in [0.25, 0.3) is 5.56 Å². The summed E-state index contributed by atoms with van der Waals surface area (Å²) in [6.45, 7) is 2.21. The van der Waals surface area contributed by atoms with E-state index in [1.54, 1.807) is 31.6 Å². The number of rotatable bonds is 3. The van der Waals surface area contributed by atoms with Gasteiger partial charge in [0.2, 0.25) is 0 Å². The minimum Gasteiger partial charge on any atom is -0.465 e. The van der Waals surface area contributed by atoms with Crippen LogP contribution in [-0.2, 0) is 7.05 Å². The van der Waals surface area contributed by atoms with Gasteiger partial charge in [0.05, 0.1) is 11.9 Å². The first-order valence-corrected chi connectivity index (χ1v) is 8.55. The Balaban J connectivity index is 1.69. The van der Waals surface area contributed by atoms with Crippen LogP contribution in [0.15, 0.2) is 39.9 Å². The van der Waals surface area contributed by atoms with Crippen molar-refractivity contribution in [2.45, 2.75) is 0 Å². The van der Waals surface area contributed by atoms with Crippen molar-refractivity contribution in [3.05, 3.63) is 45.4 Å². The molecule has 132 valence electrons. The Kier molecular flexibility index (Phi) is 4.93. The van der Waals surface area contributed by atoms with Gasteiger partial charge in [0, 0.05) is 43.9 Å². The summed E-state index contributed by atoms with van der Waals surface area (Å²) in [4.78, 5) is 30.9. The second-order valence-corrected chi connectivity index (χ2v) is 6.69. The largest absolute Gasteiger partial charge is 0.465 e. The van der Waals surface area contributed by atoms with Crippen molar-refractivity contribution in [2.75, 3.05) is 36.4 Å². The van der Waals surface area contributed by atoms with Crippen LogP contribution in [0.3, 0.4) is 0 Å². The van der Waals surface area contributed by atoms with Crippen LogP contribution in [0.25, 0.3) is 0 Å². The highest BCUT2D eigenvalue weighted by Gasteiger charge is 2.20. The third kappa shape index (κ3) is 3.93. The van der Waals surface area contributed by atoms with E-state index in [2.05, 4.69) is 31.1 Å². The summed E-state index contributed by atoms with van der Waals surface area (Å²) in [5.74, 6) is 0.572. The molecule has 1 aliphatic rings. The fourth-order valence-electron chi connectivity index (χ4n) is 2.70. The van der Waals surface area contributed by atoms with Crippen LogP contribution < -0.4 is 15.8 Å². The minimum absolute atomic E-state index is 0.140. The molecule has 0 saturated carbocycles. The molecule has 0 atom stereocenters. The molecule has 9 heteroatoms. The second kappa shape index (κ2) is 7.14. The Labute approximate surface area is 152 Å². The lowest BCUT2D eigenvalue weighted by Gasteiger charge is -2.34. The number of amides is 1. The topological polar surface area (TPSA) is 90.7 Å². The number of carbonyl (C=O) groups is 1. The van der Waals surface area contributed by atoms with Gasteiger partial charge in [0.15, 0.2) is 0 Å². The molecule has 2 N–H and O–H groups in total. The number of aromatic nitrogens is 2. The van der Waals surface area contributed by atoms with E-state index in [1.165, 1.54) is 9.47 Å². The predicted octanol–water partition coefficient (Wildman–Crippen LogP) is 2.09. The summed E-state index contributed by atoms with van der Waals surface area (Å²) in [7, 11) is 1.69. The van der Waals surface area contributed by atoms with Crippen LogP contribution in [0.2, 0.25) is 0 Å². The molecule has 0 radical (unpaired) electrons. The number of aryl methyl sites for hydroxylation is 1. The summed E-state index contributed by atoms with van der Waals surface area (Å²) < 4.78 is 2.29. The smallest absolute Gasteiger partial charge is 0.407 e. The number of hydrogen-bond donors (Lipinski definition) is 2. The summed E-state index contributed by atoms with van der Waals surface area (Å²) in [5, 5.41) is 12.0. The molecule has 1 fully saturated rings. The molecule has 0 spiro atoms. The highest BCUT2D eigenvalue weighted by atomic mass is 79.9. The molecule has 0 bridgehead atoms. The minimum atomic E-state index is -0.882. The first-order chi connectivity index (χ1) is 11.9. The lowest BCUT2D eigenvalue weighted by atomic mass is 10.3. The molecular formula is C16H18BrN5O3. The van der Waals surface area contributed by atoms with Gasteiger partial charge in [-0.05, 0) is 34.1 Å². The van der Waals surface area contributed by atoms with Crippen molar-refractivity contribution < 1.29 is 9.90 Å². The second-order valence-electron chi connectivity index (χ2n) is 5.77. The normalized spacial score (nSPS) is 14.5. The van der Waals surface area contributed by atoms with E-state index in [9.17, 15) is 9.59 Å². The van der Waals surface area contributed by atoms with Gasteiger partial charge < -0.3 is 24.8 Å². The third-order valence-corrected chi connectivity index (χ3v) is 4.51. The maximum absolute atomic E-state index is 12.1. The van der Waals surface area contributed by atoms with E-state index < -0.39 is 6.09 Å². The van der Waals surface area contributed by atoms with Crippen molar-refractivity contribution >= 4 is 39.2 Å². The monoisotopic (exact) mass is 407 g/mol. The molecule has 1 saturated heterocycles. The van der Waals surface area contributed by atoms with Crippen molar-refractivity contribution in [3.63, 3.8) is 0 Å². The SMILES string of the molecule is Cn1cc(Br)cc(Nc2ccc(N3CCN(C(=O)O)CC3)cn2)c1=O. The molecule has 2 aromatic rings. The summed E-state index contributed by atoms with van der Waals surface area (Å²) in [6.07, 6.45) is 2.54. The molecule has 1 amide bonds. The van der Waals surface area contributed by atoms with Gasteiger partial charge in [-0.3, -0.25) is 4.79 Å². The zero-order valence-corrected chi connectivity index (χ0v) is 15.2. The van der Waals surface area contributed by atoms with Crippen molar-refractivity contribution in [2.24, 2.45) is 7.05 Å². The Morgan fingerprint density at radius 3 is 2.60 bits per heavy atom. The van der Waals surface area contributed by atoms with E-state index in [0.717, 1.165) is 10.2 Å². The molecule has 0 aliphatic carbocycles.